The minimum atomic E-state index is -0.961. The van der Waals surface area contributed by atoms with Crippen molar-refractivity contribution in [3.63, 3.8) is 0 Å². The molecule has 0 atom stereocenters. The van der Waals surface area contributed by atoms with Crippen LogP contribution in [-0.2, 0) is 19.1 Å². The summed E-state index contributed by atoms with van der Waals surface area (Å²) in [4.78, 5) is 34.2. The molecule has 1 aliphatic carbocycles. The number of aliphatic carboxylic acids is 1. The van der Waals surface area contributed by atoms with E-state index in [9.17, 15) is 19.5 Å². The zero-order valence-corrected chi connectivity index (χ0v) is 11.2. The van der Waals surface area contributed by atoms with Crippen LogP contribution in [0.25, 0.3) is 0 Å². The molecule has 19 heavy (non-hydrogen) atoms. The number of ether oxygens (including phenoxy) is 1. The molecule has 0 unspecified atom stereocenters. The van der Waals surface area contributed by atoms with Gasteiger partial charge in [0.2, 0.25) is 5.91 Å². The van der Waals surface area contributed by atoms with Crippen molar-refractivity contribution in [1.29, 1.82) is 0 Å². The molecule has 1 aliphatic rings. The monoisotopic (exact) mass is 271 g/mol. The lowest BCUT2D eigenvalue weighted by molar-refractivity contribution is -0.154. The molecular formula is C13H21NO5. The third-order valence-corrected chi connectivity index (χ3v) is 3.50. The molecular weight excluding hydrogens is 250 g/mol. The van der Waals surface area contributed by atoms with E-state index in [1.807, 2.05) is 0 Å². The van der Waals surface area contributed by atoms with E-state index in [0.29, 0.717) is 12.8 Å². The van der Waals surface area contributed by atoms with Gasteiger partial charge < -0.3 is 15.2 Å². The van der Waals surface area contributed by atoms with Gasteiger partial charge >= 0.3 is 11.9 Å². The van der Waals surface area contributed by atoms with Gasteiger partial charge in [0, 0.05) is 6.42 Å². The second kappa shape index (κ2) is 7.11. The number of nitrogens with one attached hydrogen (secondary N) is 1. The zero-order chi connectivity index (χ0) is 14.3. The van der Waals surface area contributed by atoms with Crippen LogP contribution < -0.4 is 5.32 Å². The van der Waals surface area contributed by atoms with Gasteiger partial charge in [0.25, 0.3) is 0 Å². The Morgan fingerprint density at radius 2 is 1.84 bits per heavy atom. The summed E-state index contributed by atoms with van der Waals surface area (Å²) in [5.74, 6) is -1.83. The molecule has 108 valence electrons. The molecule has 0 aromatic carbocycles. The molecule has 0 saturated heterocycles. The summed E-state index contributed by atoms with van der Waals surface area (Å²) in [6.07, 6.45) is 3.65. The van der Waals surface area contributed by atoms with Crippen LogP contribution in [0.5, 0.6) is 0 Å². The number of hydrogen-bond acceptors (Lipinski definition) is 4. The molecule has 0 radical (unpaired) electrons. The molecule has 1 rings (SSSR count). The molecule has 1 amide bonds. The van der Waals surface area contributed by atoms with Crippen LogP contribution in [0.1, 0.15) is 45.4 Å². The fourth-order valence-corrected chi connectivity index (χ4v) is 2.45. The largest absolute Gasteiger partial charge is 0.481 e. The van der Waals surface area contributed by atoms with Crippen molar-refractivity contribution in [2.45, 2.75) is 45.4 Å². The Kier molecular flexibility index (Phi) is 5.79. The summed E-state index contributed by atoms with van der Waals surface area (Å²) in [5, 5.41) is 11.7. The van der Waals surface area contributed by atoms with Gasteiger partial charge in [-0.25, -0.2) is 0 Å². The maximum Gasteiger partial charge on any atom is 0.325 e. The predicted octanol–water partition coefficient (Wildman–Crippen LogP) is 1.09. The fourth-order valence-electron chi connectivity index (χ4n) is 2.45. The smallest absolute Gasteiger partial charge is 0.325 e. The SMILES string of the molecule is CCOC(=O)CNC(=O)CC1(C(=O)O)CCCCC1. The first-order valence-corrected chi connectivity index (χ1v) is 6.66. The lowest BCUT2D eigenvalue weighted by atomic mass is 9.71. The third-order valence-electron chi connectivity index (χ3n) is 3.50. The molecule has 1 fully saturated rings. The summed E-state index contributed by atoms with van der Waals surface area (Å²) in [5.41, 5.74) is -0.961. The predicted molar refractivity (Wildman–Crippen MR) is 67.4 cm³/mol. The summed E-state index contributed by atoms with van der Waals surface area (Å²) < 4.78 is 4.68. The molecule has 2 N–H and O–H groups in total. The van der Waals surface area contributed by atoms with Crippen LogP contribution in [-0.4, -0.2) is 36.1 Å². The third kappa shape index (κ3) is 4.54. The van der Waals surface area contributed by atoms with Gasteiger partial charge in [-0.05, 0) is 19.8 Å². The topological polar surface area (TPSA) is 92.7 Å². The molecule has 0 bridgehead atoms. The number of esters is 1. The van der Waals surface area contributed by atoms with Crippen LogP contribution >= 0.6 is 0 Å². The van der Waals surface area contributed by atoms with E-state index in [4.69, 9.17) is 0 Å². The normalized spacial score (nSPS) is 17.5. The summed E-state index contributed by atoms with van der Waals surface area (Å²) >= 11 is 0. The highest BCUT2D eigenvalue weighted by Gasteiger charge is 2.41. The van der Waals surface area contributed by atoms with Crippen LogP contribution in [0.15, 0.2) is 0 Å². The lowest BCUT2D eigenvalue weighted by Crippen LogP contribution is -2.40. The Hall–Kier alpha value is -1.59. The average Bonchev–Trinajstić information content (AvgIpc) is 2.38. The van der Waals surface area contributed by atoms with Crippen molar-refractivity contribution >= 4 is 17.8 Å². The lowest BCUT2D eigenvalue weighted by Gasteiger charge is -2.32. The maximum atomic E-state index is 11.7. The Labute approximate surface area is 112 Å². The van der Waals surface area contributed by atoms with Gasteiger partial charge in [0.05, 0.1) is 12.0 Å². The molecule has 0 spiro atoms. The van der Waals surface area contributed by atoms with E-state index in [0.717, 1.165) is 19.3 Å². The number of carbonyl (C=O) groups excluding carboxylic acids is 2. The number of hydrogen-bond donors (Lipinski definition) is 2. The second-order valence-corrected chi connectivity index (χ2v) is 4.90. The quantitative estimate of drug-likeness (QED) is 0.705. The molecule has 0 aromatic heterocycles. The van der Waals surface area contributed by atoms with E-state index in [2.05, 4.69) is 10.1 Å². The Balaban J connectivity index is 2.48. The van der Waals surface area contributed by atoms with E-state index in [1.165, 1.54) is 0 Å². The Morgan fingerprint density at radius 3 is 2.37 bits per heavy atom. The van der Waals surface area contributed by atoms with E-state index in [-0.39, 0.29) is 19.6 Å². The highest BCUT2D eigenvalue weighted by molar-refractivity contribution is 5.87. The first-order valence-electron chi connectivity index (χ1n) is 6.66. The van der Waals surface area contributed by atoms with Crippen LogP contribution in [0.4, 0.5) is 0 Å². The van der Waals surface area contributed by atoms with E-state index >= 15 is 0 Å². The number of carbonyl (C=O) groups is 3. The van der Waals surface area contributed by atoms with Gasteiger partial charge in [0.15, 0.2) is 0 Å². The highest BCUT2D eigenvalue weighted by atomic mass is 16.5. The minimum absolute atomic E-state index is 0.0677. The molecule has 0 aliphatic heterocycles. The Bertz CT molecular complexity index is 347. The van der Waals surface area contributed by atoms with Gasteiger partial charge in [0.1, 0.15) is 6.54 Å². The molecule has 0 aromatic rings. The van der Waals surface area contributed by atoms with E-state index < -0.39 is 23.3 Å². The van der Waals surface area contributed by atoms with Gasteiger partial charge in [-0.15, -0.1) is 0 Å². The molecule has 1 saturated carbocycles. The first kappa shape index (κ1) is 15.5. The van der Waals surface area contributed by atoms with Gasteiger partial charge in [-0.3, -0.25) is 14.4 Å². The first-order chi connectivity index (χ1) is 9.00. The number of carboxylic acid groups (broad SMARTS) is 1. The summed E-state index contributed by atoms with van der Waals surface area (Å²) in [7, 11) is 0. The standard InChI is InChI=1S/C13H21NO5/c1-2-19-11(16)9-14-10(15)8-13(12(17)18)6-4-3-5-7-13/h2-9H2,1H3,(H,14,15)(H,17,18). The fraction of sp³-hybridized carbons (Fsp3) is 0.769. The van der Waals surface area contributed by atoms with Crippen molar-refractivity contribution in [3.8, 4) is 0 Å². The van der Waals surface area contributed by atoms with Crippen molar-refractivity contribution in [1.82, 2.24) is 5.32 Å². The van der Waals surface area contributed by atoms with Gasteiger partial charge in [-0.2, -0.15) is 0 Å². The van der Waals surface area contributed by atoms with Crippen molar-refractivity contribution in [3.05, 3.63) is 0 Å². The number of amides is 1. The summed E-state index contributed by atoms with van der Waals surface area (Å²) in [6.45, 7) is 1.73. The van der Waals surface area contributed by atoms with Gasteiger partial charge in [-0.1, -0.05) is 19.3 Å². The van der Waals surface area contributed by atoms with Crippen LogP contribution in [0.3, 0.4) is 0 Å². The summed E-state index contributed by atoms with van der Waals surface area (Å²) in [6, 6.07) is 0. The maximum absolute atomic E-state index is 11.7. The van der Waals surface area contributed by atoms with Crippen LogP contribution in [0.2, 0.25) is 0 Å². The van der Waals surface area contributed by atoms with Crippen LogP contribution in [0, 0.1) is 5.41 Å². The van der Waals surface area contributed by atoms with Crippen molar-refractivity contribution < 1.29 is 24.2 Å². The number of rotatable bonds is 6. The highest BCUT2D eigenvalue weighted by Crippen LogP contribution is 2.39. The molecule has 6 nitrogen and oxygen atoms in total. The second-order valence-electron chi connectivity index (χ2n) is 4.90. The molecule has 6 heteroatoms. The Morgan fingerprint density at radius 1 is 1.21 bits per heavy atom. The molecule has 0 heterocycles. The van der Waals surface area contributed by atoms with Crippen molar-refractivity contribution in [2.24, 2.45) is 5.41 Å². The van der Waals surface area contributed by atoms with Crippen molar-refractivity contribution in [2.75, 3.05) is 13.2 Å². The number of carboxylic acids is 1. The van der Waals surface area contributed by atoms with E-state index in [1.54, 1.807) is 6.92 Å². The minimum Gasteiger partial charge on any atom is -0.481 e. The zero-order valence-electron chi connectivity index (χ0n) is 11.2. The average molecular weight is 271 g/mol.